The van der Waals surface area contributed by atoms with Gasteiger partial charge in [0, 0.05) is 26.3 Å². The van der Waals surface area contributed by atoms with E-state index in [0.29, 0.717) is 6.42 Å². The van der Waals surface area contributed by atoms with Crippen LogP contribution in [0.2, 0.25) is 0 Å². The van der Waals surface area contributed by atoms with Gasteiger partial charge in [0.05, 0.1) is 0 Å². The predicted molar refractivity (Wildman–Crippen MR) is 60.4 cm³/mol. The highest BCUT2D eigenvalue weighted by molar-refractivity contribution is 5.14. The van der Waals surface area contributed by atoms with Gasteiger partial charge in [0.1, 0.15) is 0 Å². The molecule has 3 nitrogen and oxygen atoms in total. The molecule has 84 valence electrons. The lowest BCUT2D eigenvalue weighted by atomic mass is 10.1. The van der Waals surface area contributed by atoms with E-state index < -0.39 is 0 Å². The molecule has 0 heterocycles. The van der Waals surface area contributed by atoms with Gasteiger partial charge in [-0.15, -0.1) is 0 Å². The molecular formula is C12H19NO2. The highest BCUT2D eigenvalue weighted by Crippen LogP contribution is 2.01. The van der Waals surface area contributed by atoms with E-state index in [0.717, 1.165) is 13.1 Å². The molecule has 0 aliphatic rings. The SMILES string of the molecule is OCCC(CO)CNCc1ccccc1. The lowest BCUT2D eigenvalue weighted by Gasteiger charge is -2.13. The van der Waals surface area contributed by atoms with Crippen LogP contribution in [0.5, 0.6) is 0 Å². The van der Waals surface area contributed by atoms with Crippen LogP contribution in [0.4, 0.5) is 0 Å². The van der Waals surface area contributed by atoms with Crippen molar-refractivity contribution in [1.82, 2.24) is 5.32 Å². The summed E-state index contributed by atoms with van der Waals surface area (Å²) in [6.45, 7) is 1.81. The van der Waals surface area contributed by atoms with Crippen molar-refractivity contribution in [2.75, 3.05) is 19.8 Å². The molecule has 1 unspecified atom stereocenters. The minimum Gasteiger partial charge on any atom is -0.396 e. The summed E-state index contributed by atoms with van der Waals surface area (Å²) in [5.41, 5.74) is 1.23. The fraction of sp³-hybridized carbons (Fsp3) is 0.500. The number of hydrogen-bond acceptors (Lipinski definition) is 3. The normalized spacial score (nSPS) is 12.7. The smallest absolute Gasteiger partial charge is 0.0472 e. The molecule has 0 aliphatic heterocycles. The molecule has 1 aromatic carbocycles. The lowest BCUT2D eigenvalue weighted by Crippen LogP contribution is -2.25. The van der Waals surface area contributed by atoms with E-state index in [4.69, 9.17) is 10.2 Å². The standard InChI is InChI=1S/C12H19NO2/c14-7-6-12(10-15)9-13-8-11-4-2-1-3-5-11/h1-5,12-15H,6-10H2. The average Bonchev–Trinajstić information content (AvgIpc) is 2.29. The molecule has 0 aliphatic carbocycles. The Morgan fingerprint density at radius 3 is 2.47 bits per heavy atom. The summed E-state index contributed by atoms with van der Waals surface area (Å²) in [6, 6.07) is 10.1. The first-order valence-electron chi connectivity index (χ1n) is 5.33. The van der Waals surface area contributed by atoms with Gasteiger partial charge in [0.15, 0.2) is 0 Å². The van der Waals surface area contributed by atoms with Gasteiger partial charge >= 0.3 is 0 Å². The molecule has 3 heteroatoms. The Balaban J connectivity index is 2.20. The molecule has 1 rings (SSSR count). The van der Waals surface area contributed by atoms with Gasteiger partial charge in [-0.2, -0.15) is 0 Å². The van der Waals surface area contributed by atoms with E-state index >= 15 is 0 Å². The first-order valence-corrected chi connectivity index (χ1v) is 5.33. The fourth-order valence-electron chi connectivity index (χ4n) is 1.46. The molecule has 0 radical (unpaired) electrons. The topological polar surface area (TPSA) is 52.5 Å². The van der Waals surface area contributed by atoms with E-state index in [1.54, 1.807) is 0 Å². The second-order valence-corrected chi connectivity index (χ2v) is 3.68. The molecule has 0 saturated heterocycles. The van der Waals surface area contributed by atoms with Crippen LogP contribution in [0.25, 0.3) is 0 Å². The van der Waals surface area contributed by atoms with Crippen LogP contribution in [-0.4, -0.2) is 30.0 Å². The van der Waals surface area contributed by atoms with Gasteiger partial charge in [-0.05, 0) is 17.9 Å². The van der Waals surface area contributed by atoms with Crippen molar-refractivity contribution >= 4 is 0 Å². The highest BCUT2D eigenvalue weighted by Gasteiger charge is 2.05. The molecule has 0 amide bonds. The molecule has 0 saturated carbocycles. The molecule has 15 heavy (non-hydrogen) atoms. The third-order valence-corrected chi connectivity index (χ3v) is 2.40. The summed E-state index contributed by atoms with van der Waals surface area (Å²) in [5, 5.41) is 21.0. The Bertz CT molecular complexity index is 251. The van der Waals surface area contributed by atoms with E-state index in [9.17, 15) is 0 Å². The maximum absolute atomic E-state index is 9.00. The third-order valence-electron chi connectivity index (χ3n) is 2.40. The molecule has 1 atom stereocenters. The molecule has 0 spiro atoms. The zero-order valence-electron chi connectivity index (χ0n) is 8.89. The Morgan fingerprint density at radius 1 is 1.13 bits per heavy atom. The van der Waals surface area contributed by atoms with E-state index in [2.05, 4.69) is 17.4 Å². The van der Waals surface area contributed by atoms with Gasteiger partial charge in [-0.3, -0.25) is 0 Å². The Morgan fingerprint density at radius 2 is 1.87 bits per heavy atom. The van der Waals surface area contributed by atoms with Crippen molar-refractivity contribution in [2.24, 2.45) is 5.92 Å². The van der Waals surface area contributed by atoms with Crippen molar-refractivity contribution < 1.29 is 10.2 Å². The van der Waals surface area contributed by atoms with Crippen LogP contribution < -0.4 is 5.32 Å². The number of aliphatic hydroxyl groups excluding tert-OH is 2. The average molecular weight is 209 g/mol. The van der Waals surface area contributed by atoms with Gasteiger partial charge in [0.25, 0.3) is 0 Å². The Kier molecular flexibility index (Phi) is 6.00. The summed E-state index contributed by atoms with van der Waals surface area (Å²) in [7, 11) is 0. The maximum Gasteiger partial charge on any atom is 0.0472 e. The molecule has 0 fully saturated rings. The monoisotopic (exact) mass is 209 g/mol. The van der Waals surface area contributed by atoms with Gasteiger partial charge in [-0.25, -0.2) is 0 Å². The molecule has 1 aromatic rings. The summed E-state index contributed by atoms with van der Waals surface area (Å²) < 4.78 is 0. The van der Waals surface area contributed by atoms with Crippen molar-refractivity contribution in [3.63, 3.8) is 0 Å². The maximum atomic E-state index is 9.00. The zero-order chi connectivity index (χ0) is 10.9. The molecule has 3 N–H and O–H groups in total. The van der Waals surface area contributed by atoms with E-state index in [-0.39, 0.29) is 19.1 Å². The number of rotatable bonds is 7. The van der Waals surface area contributed by atoms with Crippen molar-refractivity contribution in [3.8, 4) is 0 Å². The molecular weight excluding hydrogens is 190 g/mol. The summed E-state index contributed by atoms with van der Waals surface area (Å²) in [4.78, 5) is 0. The van der Waals surface area contributed by atoms with Crippen LogP contribution in [0.1, 0.15) is 12.0 Å². The van der Waals surface area contributed by atoms with Crippen molar-refractivity contribution in [2.45, 2.75) is 13.0 Å². The Hall–Kier alpha value is -0.900. The lowest BCUT2D eigenvalue weighted by molar-refractivity contribution is 0.181. The number of aliphatic hydroxyl groups is 2. The van der Waals surface area contributed by atoms with E-state index in [1.807, 2.05) is 18.2 Å². The third kappa shape index (κ3) is 4.93. The zero-order valence-corrected chi connectivity index (χ0v) is 8.89. The van der Waals surface area contributed by atoms with Crippen LogP contribution in [-0.2, 0) is 6.54 Å². The molecule has 0 aromatic heterocycles. The second kappa shape index (κ2) is 7.40. The highest BCUT2D eigenvalue weighted by atomic mass is 16.3. The Labute approximate surface area is 90.8 Å². The van der Waals surface area contributed by atoms with Crippen LogP contribution >= 0.6 is 0 Å². The summed E-state index contributed by atoms with van der Waals surface area (Å²) in [5.74, 6) is 0.152. The van der Waals surface area contributed by atoms with Crippen LogP contribution in [0.3, 0.4) is 0 Å². The van der Waals surface area contributed by atoms with Crippen molar-refractivity contribution in [3.05, 3.63) is 35.9 Å². The van der Waals surface area contributed by atoms with Crippen molar-refractivity contribution in [1.29, 1.82) is 0 Å². The first-order chi connectivity index (χ1) is 7.36. The van der Waals surface area contributed by atoms with Gasteiger partial charge in [0.2, 0.25) is 0 Å². The second-order valence-electron chi connectivity index (χ2n) is 3.68. The summed E-state index contributed by atoms with van der Waals surface area (Å²) in [6.07, 6.45) is 0.651. The largest absolute Gasteiger partial charge is 0.396 e. The number of nitrogens with one attached hydrogen (secondary N) is 1. The fourth-order valence-corrected chi connectivity index (χ4v) is 1.46. The van der Waals surface area contributed by atoms with Crippen LogP contribution in [0, 0.1) is 5.92 Å². The molecule has 0 bridgehead atoms. The number of hydrogen-bond donors (Lipinski definition) is 3. The van der Waals surface area contributed by atoms with Crippen LogP contribution in [0.15, 0.2) is 30.3 Å². The van der Waals surface area contributed by atoms with Gasteiger partial charge in [-0.1, -0.05) is 30.3 Å². The number of benzene rings is 1. The minimum absolute atomic E-state index is 0.127. The van der Waals surface area contributed by atoms with Gasteiger partial charge < -0.3 is 15.5 Å². The quantitative estimate of drug-likeness (QED) is 0.621. The first kappa shape index (κ1) is 12.2. The minimum atomic E-state index is 0.127. The predicted octanol–water partition coefficient (Wildman–Crippen LogP) is 0.767. The van der Waals surface area contributed by atoms with E-state index in [1.165, 1.54) is 5.56 Å². The summed E-state index contributed by atoms with van der Waals surface area (Å²) >= 11 is 0.